The SMILES string of the molecule is CCOc1c(I)cc([C@H]2C(C#N)=C(N)OC3=C2C(=O)CCC3)cc1OC. The van der Waals surface area contributed by atoms with Crippen LogP contribution in [0.3, 0.4) is 0 Å². The summed E-state index contributed by atoms with van der Waals surface area (Å²) in [5, 5.41) is 9.64. The predicted molar refractivity (Wildman–Crippen MR) is 103 cm³/mol. The molecule has 2 aliphatic rings. The molecule has 0 radical (unpaired) electrons. The largest absolute Gasteiger partial charge is 0.493 e. The van der Waals surface area contributed by atoms with Crippen molar-refractivity contribution in [3.05, 3.63) is 44.1 Å². The molecule has 0 bridgehead atoms. The summed E-state index contributed by atoms with van der Waals surface area (Å²) in [6.07, 6.45) is 1.81. The van der Waals surface area contributed by atoms with E-state index in [-0.39, 0.29) is 17.2 Å². The fraction of sp³-hybridized carbons (Fsp3) is 0.368. The number of halogens is 1. The number of methoxy groups -OCH3 is 1. The van der Waals surface area contributed by atoms with Crippen LogP contribution >= 0.6 is 22.6 Å². The number of nitriles is 1. The smallest absolute Gasteiger partial charge is 0.205 e. The Morgan fingerprint density at radius 1 is 1.42 bits per heavy atom. The normalized spacial score (nSPS) is 19.6. The summed E-state index contributed by atoms with van der Waals surface area (Å²) in [7, 11) is 1.56. The number of carbonyl (C=O) groups is 1. The Balaban J connectivity index is 2.20. The van der Waals surface area contributed by atoms with E-state index in [2.05, 4.69) is 28.7 Å². The van der Waals surface area contributed by atoms with Crippen molar-refractivity contribution in [2.24, 2.45) is 5.73 Å². The van der Waals surface area contributed by atoms with Gasteiger partial charge < -0.3 is 19.9 Å². The molecule has 136 valence electrons. The van der Waals surface area contributed by atoms with Crippen LogP contribution in [0.1, 0.15) is 37.7 Å². The van der Waals surface area contributed by atoms with Crippen LogP contribution in [0.25, 0.3) is 0 Å². The summed E-state index contributed by atoms with van der Waals surface area (Å²) < 4.78 is 17.6. The first-order valence-corrected chi connectivity index (χ1v) is 9.43. The highest BCUT2D eigenvalue weighted by Crippen LogP contribution is 2.46. The molecule has 1 aliphatic carbocycles. The Morgan fingerprint density at radius 2 is 2.19 bits per heavy atom. The van der Waals surface area contributed by atoms with Gasteiger partial charge in [0.2, 0.25) is 5.88 Å². The first-order valence-electron chi connectivity index (χ1n) is 8.35. The highest BCUT2D eigenvalue weighted by molar-refractivity contribution is 14.1. The summed E-state index contributed by atoms with van der Waals surface area (Å²) in [4.78, 5) is 12.6. The average Bonchev–Trinajstić information content (AvgIpc) is 2.62. The molecule has 0 saturated heterocycles. The zero-order valence-electron chi connectivity index (χ0n) is 14.6. The molecule has 1 heterocycles. The maximum Gasteiger partial charge on any atom is 0.205 e. The van der Waals surface area contributed by atoms with Gasteiger partial charge in [0.25, 0.3) is 0 Å². The molecule has 0 spiro atoms. The maximum absolute atomic E-state index is 12.6. The number of ether oxygens (including phenoxy) is 3. The summed E-state index contributed by atoms with van der Waals surface area (Å²) in [6, 6.07) is 5.83. The van der Waals surface area contributed by atoms with Crippen LogP contribution in [-0.4, -0.2) is 19.5 Å². The third kappa shape index (κ3) is 3.14. The fourth-order valence-corrected chi connectivity index (χ4v) is 4.16. The monoisotopic (exact) mass is 466 g/mol. The molecule has 7 heteroatoms. The molecule has 0 saturated carbocycles. The number of benzene rings is 1. The van der Waals surface area contributed by atoms with Crippen LogP contribution in [0.15, 0.2) is 34.9 Å². The van der Waals surface area contributed by atoms with E-state index < -0.39 is 5.92 Å². The average molecular weight is 466 g/mol. The summed E-state index contributed by atoms with van der Waals surface area (Å²) >= 11 is 2.16. The second kappa shape index (κ2) is 7.58. The summed E-state index contributed by atoms with van der Waals surface area (Å²) in [5.74, 6) is 1.29. The van der Waals surface area contributed by atoms with E-state index in [0.29, 0.717) is 42.3 Å². The number of nitrogens with two attached hydrogens (primary N) is 1. The van der Waals surface area contributed by atoms with Gasteiger partial charge in [0, 0.05) is 18.4 Å². The van der Waals surface area contributed by atoms with E-state index in [1.54, 1.807) is 13.2 Å². The zero-order chi connectivity index (χ0) is 18.8. The van der Waals surface area contributed by atoms with Crippen LogP contribution in [0.5, 0.6) is 11.5 Å². The number of rotatable bonds is 4. The van der Waals surface area contributed by atoms with E-state index in [1.807, 2.05) is 13.0 Å². The quantitative estimate of drug-likeness (QED) is 0.683. The Labute approximate surface area is 165 Å². The number of hydrogen-bond acceptors (Lipinski definition) is 6. The number of hydrogen-bond donors (Lipinski definition) is 1. The van der Waals surface area contributed by atoms with Gasteiger partial charge in [-0.25, -0.2) is 0 Å². The summed E-state index contributed by atoms with van der Waals surface area (Å²) in [5.41, 5.74) is 7.53. The Bertz CT molecular complexity index is 867. The molecular weight excluding hydrogens is 447 g/mol. The topological polar surface area (TPSA) is 94.6 Å². The third-order valence-corrected chi connectivity index (χ3v) is 5.28. The molecule has 26 heavy (non-hydrogen) atoms. The molecule has 3 rings (SSSR count). The van der Waals surface area contributed by atoms with Crippen molar-refractivity contribution < 1.29 is 19.0 Å². The molecule has 0 aromatic heterocycles. The van der Waals surface area contributed by atoms with Crippen molar-refractivity contribution >= 4 is 28.4 Å². The van der Waals surface area contributed by atoms with Crippen LogP contribution in [-0.2, 0) is 9.53 Å². The van der Waals surface area contributed by atoms with E-state index in [9.17, 15) is 10.1 Å². The molecule has 0 amide bonds. The minimum absolute atomic E-state index is 0.000593. The van der Waals surface area contributed by atoms with Gasteiger partial charge in [0.05, 0.1) is 23.2 Å². The van der Waals surface area contributed by atoms with Crippen molar-refractivity contribution in [1.29, 1.82) is 5.26 Å². The first kappa shape index (κ1) is 18.6. The highest BCUT2D eigenvalue weighted by atomic mass is 127. The van der Waals surface area contributed by atoms with Gasteiger partial charge in [0.1, 0.15) is 17.4 Å². The minimum atomic E-state index is -0.547. The molecule has 0 fully saturated rings. The van der Waals surface area contributed by atoms with Gasteiger partial charge in [-0.1, -0.05) is 0 Å². The van der Waals surface area contributed by atoms with Gasteiger partial charge in [-0.05, 0) is 53.6 Å². The molecule has 6 nitrogen and oxygen atoms in total. The second-order valence-electron chi connectivity index (χ2n) is 6.01. The predicted octanol–water partition coefficient (Wildman–Crippen LogP) is 3.51. The number of Topliss-reactive ketones (excluding diaryl/α,β-unsaturated/α-hetero) is 1. The van der Waals surface area contributed by atoms with E-state index >= 15 is 0 Å². The van der Waals surface area contributed by atoms with E-state index in [1.165, 1.54) is 0 Å². The Hall–Kier alpha value is -2.21. The lowest BCUT2D eigenvalue weighted by atomic mass is 9.77. The molecule has 0 unspecified atom stereocenters. The number of ketones is 1. The van der Waals surface area contributed by atoms with Crippen molar-refractivity contribution in [1.82, 2.24) is 0 Å². The first-order chi connectivity index (χ1) is 12.5. The Kier molecular flexibility index (Phi) is 5.41. The van der Waals surface area contributed by atoms with Gasteiger partial charge in [-0.2, -0.15) is 5.26 Å². The fourth-order valence-electron chi connectivity index (χ4n) is 3.38. The number of carbonyl (C=O) groups excluding carboxylic acids is 1. The lowest BCUT2D eigenvalue weighted by Crippen LogP contribution is -2.27. The third-order valence-electron chi connectivity index (χ3n) is 4.48. The van der Waals surface area contributed by atoms with Gasteiger partial charge in [-0.15, -0.1) is 0 Å². The van der Waals surface area contributed by atoms with Gasteiger partial charge >= 0.3 is 0 Å². The second-order valence-corrected chi connectivity index (χ2v) is 7.17. The molecular formula is C19H19IN2O4. The van der Waals surface area contributed by atoms with Crippen LogP contribution in [0.2, 0.25) is 0 Å². The number of allylic oxidation sites excluding steroid dienone is 3. The van der Waals surface area contributed by atoms with Crippen LogP contribution in [0.4, 0.5) is 0 Å². The zero-order valence-corrected chi connectivity index (χ0v) is 16.8. The molecule has 1 aliphatic heterocycles. The van der Waals surface area contributed by atoms with E-state index in [0.717, 1.165) is 15.6 Å². The minimum Gasteiger partial charge on any atom is -0.493 e. The summed E-state index contributed by atoms with van der Waals surface area (Å²) in [6.45, 7) is 2.41. The van der Waals surface area contributed by atoms with Crippen molar-refractivity contribution in [3.8, 4) is 17.6 Å². The highest BCUT2D eigenvalue weighted by Gasteiger charge is 2.38. The standard InChI is InChI=1S/C19H19IN2O4/c1-3-25-18-12(20)7-10(8-15(18)24-2)16-11(9-21)19(22)26-14-6-4-5-13(23)17(14)16/h7-8,16H,3-6,22H2,1-2H3/t16-/m0/s1. The van der Waals surface area contributed by atoms with Crippen molar-refractivity contribution in [2.45, 2.75) is 32.1 Å². The van der Waals surface area contributed by atoms with Crippen molar-refractivity contribution in [2.75, 3.05) is 13.7 Å². The molecule has 1 atom stereocenters. The van der Waals surface area contributed by atoms with Crippen LogP contribution < -0.4 is 15.2 Å². The molecule has 1 aromatic rings. The maximum atomic E-state index is 12.6. The number of nitrogens with zero attached hydrogens (tertiary/aromatic N) is 1. The van der Waals surface area contributed by atoms with E-state index in [4.69, 9.17) is 19.9 Å². The lowest BCUT2D eigenvalue weighted by Gasteiger charge is -2.31. The van der Waals surface area contributed by atoms with Crippen LogP contribution in [0, 0.1) is 14.9 Å². The van der Waals surface area contributed by atoms with Gasteiger partial charge in [-0.3, -0.25) is 4.79 Å². The lowest BCUT2D eigenvalue weighted by molar-refractivity contribution is -0.116. The van der Waals surface area contributed by atoms with Gasteiger partial charge in [0.15, 0.2) is 17.3 Å². The molecule has 1 aromatic carbocycles. The Morgan fingerprint density at radius 3 is 2.85 bits per heavy atom. The molecule has 2 N–H and O–H groups in total. The van der Waals surface area contributed by atoms with Crippen molar-refractivity contribution in [3.63, 3.8) is 0 Å².